The molecular formula is C10H11N3O3. The number of carbonyl (C=O) groups is 2. The van der Waals surface area contributed by atoms with Crippen molar-refractivity contribution in [2.24, 2.45) is 0 Å². The van der Waals surface area contributed by atoms with Crippen LogP contribution >= 0.6 is 0 Å². The first-order valence-corrected chi connectivity index (χ1v) is 4.55. The summed E-state index contributed by atoms with van der Waals surface area (Å²) in [5.74, 6) is -1.68. The van der Waals surface area contributed by atoms with Gasteiger partial charge in [-0.05, 0) is 6.42 Å². The topological polar surface area (TPSA) is 92.2 Å². The zero-order valence-electron chi connectivity index (χ0n) is 8.46. The Kier molecular flexibility index (Phi) is 4.14. The monoisotopic (exact) mass is 221 g/mol. The summed E-state index contributed by atoms with van der Waals surface area (Å²) in [6.45, 7) is 3.42. The van der Waals surface area contributed by atoms with Gasteiger partial charge >= 0.3 is 5.97 Å². The van der Waals surface area contributed by atoms with Crippen molar-refractivity contribution in [3.63, 3.8) is 0 Å². The molecule has 0 aliphatic carbocycles. The van der Waals surface area contributed by atoms with Crippen molar-refractivity contribution in [3.05, 3.63) is 36.9 Å². The van der Waals surface area contributed by atoms with Crippen LogP contribution in [0.3, 0.4) is 0 Å². The van der Waals surface area contributed by atoms with Crippen molar-refractivity contribution >= 4 is 11.9 Å². The van der Waals surface area contributed by atoms with Gasteiger partial charge in [-0.1, -0.05) is 6.08 Å². The highest BCUT2D eigenvalue weighted by Gasteiger charge is 2.19. The fraction of sp³-hybridized carbons (Fsp3) is 0.200. The minimum absolute atomic E-state index is 0.0813. The van der Waals surface area contributed by atoms with Crippen LogP contribution in [0.2, 0.25) is 0 Å². The first-order valence-electron chi connectivity index (χ1n) is 4.55. The fourth-order valence-corrected chi connectivity index (χ4v) is 1.04. The Morgan fingerprint density at radius 1 is 1.56 bits per heavy atom. The average molecular weight is 221 g/mol. The van der Waals surface area contributed by atoms with Crippen molar-refractivity contribution in [3.8, 4) is 0 Å². The zero-order chi connectivity index (χ0) is 12.0. The fourth-order valence-electron chi connectivity index (χ4n) is 1.04. The van der Waals surface area contributed by atoms with Crippen LogP contribution < -0.4 is 5.32 Å². The van der Waals surface area contributed by atoms with E-state index in [2.05, 4.69) is 21.9 Å². The number of carboxylic acid groups (broad SMARTS) is 1. The molecule has 1 aromatic rings. The molecule has 0 saturated heterocycles. The molecule has 0 fully saturated rings. The highest BCUT2D eigenvalue weighted by atomic mass is 16.4. The lowest BCUT2D eigenvalue weighted by molar-refractivity contribution is -0.139. The first-order chi connectivity index (χ1) is 7.65. The SMILES string of the molecule is C=CCC(NC(=O)c1cnccn1)C(=O)O. The summed E-state index contributed by atoms with van der Waals surface area (Å²) in [5, 5.41) is 11.1. The third-order valence-corrected chi connectivity index (χ3v) is 1.80. The Labute approximate surface area is 92.0 Å². The molecule has 0 spiro atoms. The van der Waals surface area contributed by atoms with Crippen LogP contribution in [0.4, 0.5) is 0 Å². The lowest BCUT2D eigenvalue weighted by atomic mass is 10.2. The van der Waals surface area contributed by atoms with Gasteiger partial charge in [-0.3, -0.25) is 9.78 Å². The quantitative estimate of drug-likeness (QED) is 0.694. The van der Waals surface area contributed by atoms with Crippen molar-refractivity contribution in [1.82, 2.24) is 15.3 Å². The second-order valence-electron chi connectivity index (χ2n) is 2.98. The standard InChI is InChI=1S/C10H11N3O3/c1-2-3-7(10(15)16)13-9(14)8-6-11-4-5-12-8/h2,4-7H,1,3H2,(H,13,14)(H,15,16). The molecule has 0 radical (unpaired) electrons. The van der Waals surface area contributed by atoms with Crippen molar-refractivity contribution in [2.45, 2.75) is 12.5 Å². The summed E-state index contributed by atoms with van der Waals surface area (Å²) >= 11 is 0. The summed E-state index contributed by atoms with van der Waals surface area (Å²) in [4.78, 5) is 29.8. The van der Waals surface area contributed by atoms with E-state index in [0.29, 0.717) is 0 Å². The Bertz CT molecular complexity index is 392. The summed E-state index contributed by atoms with van der Waals surface area (Å²) in [6, 6.07) is -0.994. The lowest BCUT2D eigenvalue weighted by Crippen LogP contribution is -2.40. The maximum atomic E-state index is 11.5. The maximum absolute atomic E-state index is 11.5. The number of rotatable bonds is 5. The number of nitrogens with zero attached hydrogens (tertiary/aromatic N) is 2. The van der Waals surface area contributed by atoms with Gasteiger partial charge in [0.25, 0.3) is 5.91 Å². The largest absolute Gasteiger partial charge is 0.480 e. The number of aromatic nitrogens is 2. The van der Waals surface area contributed by atoms with E-state index >= 15 is 0 Å². The van der Waals surface area contributed by atoms with E-state index in [1.54, 1.807) is 0 Å². The van der Waals surface area contributed by atoms with E-state index < -0.39 is 17.9 Å². The molecule has 1 unspecified atom stereocenters. The number of carbonyl (C=O) groups excluding carboxylic acids is 1. The molecule has 16 heavy (non-hydrogen) atoms. The van der Waals surface area contributed by atoms with Crippen LogP contribution in [-0.2, 0) is 4.79 Å². The number of hydrogen-bond acceptors (Lipinski definition) is 4. The van der Waals surface area contributed by atoms with Gasteiger partial charge in [0, 0.05) is 12.4 Å². The second kappa shape index (κ2) is 5.59. The summed E-state index contributed by atoms with van der Waals surface area (Å²) in [5.41, 5.74) is 0.0813. The van der Waals surface area contributed by atoms with Crippen LogP contribution in [0.15, 0.2) is 31.2 Å². The van der Waals surface area contributed by atoms with Crippen molar-refractivity contribution in [2.75, 3.05) is 0 Å². The molecule has 0 aliphatic rings. The van der Waals surface area contributed by atoms with Gasteiger partial charge in [0.2, 0.25) is 0 Å². The molecule has 6 nitrogen and oxygen atoms in total. The van der Waals surface area contributed by atoms with Crippen LogP contribution in [0.5, 0.6) is 0 Å². The van der Waals surface area contributed by atoms with E-state index in [1.807, 2.05) is 0 Å². The Morgan fingerprint density at radius 2 is 2.31 bits per heavy atom. The highest BCUT2D eigenvalue weighted by molar-refractivity contribution is 5.94. The Hall–Kier alpha value is -2.24. The van der Waals surface area contributed by atoms with Crippen LogP contribution in [0.25, 0.3) is 0 Å². The Balaban J connectivity index is 2.69. The van der Waals surface area contributed by atoms with E-state index in [0.717, 1.165) is 0 Å². The highest BCUT2D eigenvalue weighted by Crippen LogP contribution is 1.97. The summed E-state index contributed by atoms with van der Waals surface area (Å²) in [6.07, 6.45) is 5.63. The van der Waals surface area contributed by atoms with Gasteiger partial charge in [0.05, 0.1) is 6.20 Å². The molecule has 84 valence electrons. The molecule has 2 N–H and O–H groups in total. The molecule has 0 bridgehead atoms. The lowest BCUT2D eigenvalue weighted by Gasteiger charge is -2.11. The first kappa shape index (κ1) is 11.8. The van der Waals surface area contributed by atoms with Gasteiger partial charge in [0.1, 0.15) is 11.7 Å². The van der Waals surface area contributed by atoms with Gasteiger partial charge in [-0.2, -0.15) is 0 Å². The predicted molar refractivity (Wildman–Crippen MR) is 55.7 cm³/mol. The number of hydrogen-bond donors (Lipinski definition) is 2. The summed E-state index contributed by atoms with van der Waals surface area (Å²) < 4.78 is 0. The third kappa shape index (κ3) is 3.16. The van der Waals surface area contributed by atoms with E-state index in [9.17, 15) is 9.59 Å². The molecule has 1 aromatic heterocycles. The normalized spacial score (nSPS) is 11.5. The Morgan fingerprint density at radius 3 is 2.81 bits per heavy atom. The zero-order valence-corrected chi connectivity index (χ0v) is 8.46. The second-order valence-corrected chi connectivity index (χ2v) is 2.98. The smallest absolute Gasteiger partial charge is 0.326 e. The van der Waals surface area contributed by atoms with Crippen molar-refractivity contribution in [1.29, 1.82) is 0 Å². The minimum Gasteiger partial charge on any atom is -0.480 e. The van der Waals surface area contributed by atoms with E-state index in [-0.39, 0.29) is 12.1 Å². The molecule has 0 saturated carbocycles. The van der Waals surface area contributed by atoms with Gasteiger partial charge < -0.3 is 10.4 Å². The average Bonchev–Trinajstić information content (AvgIpc) is 2.29. The van der Waals surface area contributed by atoms with Crippen LogP contribution in [0.1, 0.15) is 16.9 Å². The molecule has 0 aliphatic heterocycles. The predicted octanol–water partition coefficient (Wildman–Crippen LogP) is 0.236. The van der Waals surface area contributed by atoms with Crippen LogP contribution in [-0.4, -0.2) is 33.0 Å². The molecule has 1 rings (SSSR count). The maximum Gasteiger partial charge on any atom is 0.326 e. The van der Waals surface area contributed by atoms with Gasteiger partial charge in [-0.15, -0.1) is 6.58 Å². The number of amides is 1. The van der Waals surface area contributed by atoms with Crippen LogP contribution in [0, 0.1) is 0 Å². The molecule has 1 heterocycles. The van der Waals surface area contributed by atoms with E-state index in [1.165, 1.54) is 24.7 Å². The molecular weight excluding hydrogens is 210 g/mol. The third-order valence-electron chi connectivity index (χ3n) is 1.80. The molecule has 0 aromatic carbocycles. The van der Waals surface area contributed by atoms with Gasteiger partial charge in [-0.25, -0.2) is 9.78 Å². The number of carboxylic acids is 1. The molecule has 6 heteroatoms. The van der Waals surface area contributed by atoms with Crippen molar-refractivity contribution < 1.29 is 14.7 Å². The number of aliphatic carboxylic acids is 1. The number of nitrogens with one attached hydrogen (secondary N) is 1. The van der Waals surface area contributed by atoms with E-state index in [4.69, 9.17) is 5.11 Å². The molecule has 1 amide bonds. The summed E-state index contributed by atoms with van der Waals surface area (Å²) in [7, 11) is 0. The van der Waals surface area contributed by atoms with Gasteiger partial charge in [0.15, 0.2) is 0 Å². The minimum atomic E-state index is -1.11. The molecule has 1 atom stereocenters.